The van der Waals surface area contributed by atoms with Gasteiger partial charge in [0.05, 0.1) is 6.20 Å². The predicted molar refractivity (Wildman–Crippen MR) is 79.3 cm³/mol. The highest BCUT2D eigenvalue weighted by atomic mass is 19.1. The molecule has 0 saturated heterocycles. The lowest BCUT2D eigenvalue weighted by atomic mass is 10.2. The summed E-state index contributed by atoms with van der Waals surface area (Å²) in [4.78, 5) is 6.80. The number of nitrogens with one attached hydrogen (secondary N) is 1. The Morgan fingerprint density at radius 3 is 2.80 bits per heavy atom. The van der Waals surface area contributed by atoms with Gasteiger partial charge in [-0.3, -0.25) is 0 Å². The second kappa shape index (κ2) is 6.08. The highest BCUT2D eigenvalue weighted by Crippen LogP contribution is 2.33. The molecular formula is C16H24FN3. The summed E-state index contributed by atoms with van der Waals surface area (Å²) in [5.41, 5.74) is 1.01. The summed E-state index contributed by atoms with van der Waals surface area (Å²) in [6.45, 7) is 3.98. The second-order valence-electron chi connectivity index (χ2n) is 6.07. The van der Waals surface area contributed by atoms with Crippen LogP contribution >= 0.6 is 0 Å². The Hall–Kier alpha value is -1.16. The molecule has 20 heavy (non-hydrogen) atoms. The van der Waals surface area contributed by atoms with Crippen LogP contribution in [0.3, 0.4) is 0 Å². The number of unbranched alkanes of at least 4 members (excludes halogenated alkanes) is 1. The van der Waals surface area contributed by atoms with Crippen LogP contribution in [0, 0.1) is 5.82 Å². The van der Waals surface area contributed by atoms with Crippen molar-refractivity contribution in [2.45, 2.75) is 64.1 Å². The van der Waals surface area contributed by atoms with E-state index in [2.05, 4.69) is 22.1 Å². The maximum atomic E-state index is 13.5. The Morgan fingerprint density at radius 1 is 1.35 bits per heavy atom. The van der Waals surface area contributed by atoms with Gasteiger partial charge in [0.25, 0.3) is 0 Å². The fraction of sp³-hybridized carbons (Fsp3) is 0.688. The summed E-state index contributed by atoms with van der Waals surface area (Å²) in [5.74, 6) is 0.767. The number of hydrogen-bond donors (Lipinski definition) is 1. The van der Waals surface area contributed by atoms with Gasteiger partial charge < -0.3 is 10.2 Å². The van der Waals surface area contributed by atoms with E-state index in [4.69, 9.17) is 0 Å². The summed E-state index contributed by atoms with van der Waals surface area (Å²) in [6.07, 6.45) is 8.71. The molecule has 0 unspecified atom stereocenters. The largest absolute Gasteiger partial charge is 0.353 e. The Kier molecular flexibility index (Phi) is 4.20. The van der Waals surface area contributed by atoms with E-state index in [0.717, 1.165) is 24.5 Å². The van der Waals surface area contributed by atoms with Crippen LogP contribution in [0.15, 0.2) is 12.3 Å². The van der Waals surface area contributed by atoms with Gasteiger partial charge in [-0.05, 0) is 38.2 Å². The van der Waals surface area contributed by atoms with Crippen molar-refractivity contribution in [3.8, 4) is 0 Å². The molecule has 0 amide bonds. The molecule has 1 aromatic rings. The Labute approximate surface area is 120 Å². The SMILES string of the molecule is CCCCN(c1ncc(F)cc1CNC1CC1)C1CC1. The molecule has 2 aliphatic rings. The van der Waals surface area contributed by atoms with Gasteiger partial charge in [0.1, 0.15) is 11.6 Å². The number of anilines is 1. The van der Waals surface area contributed by atoms with Crippen LogP contribution in [-0.4, -0.2) is 23.6 Å². The van der Waals surface area contributed by atoms with Crippen LogP contribution < -0.4 is 10.2 Å². The van der Waals surface area contributed by atoms with Crippen molar-refractivity contribution >= 4 is 5.82 Å². The minimum atomic E-state index is -0.229. The van der Waals surface area contributed by atoms with Gasteiger partial charge in [-0.2, -0.15) is 0 Å². The Bertz CT molecular complexity index is 455. The summed E-state index contributed by atoms with van der Waals surface area (Å²) >= 11 is 0. The summed E-state index contributed by atoms with van der Waals surface area (Å²) in [7, 11) is 0. The maximum Gasteiger partial charge on any atom is 0.141 e. The summed E-state index contributed by atoms with van der Waals surface area (Å²) < 4.78 is 13.5. The zero-order valence-corrected chi connectivity index (χ0v) is 12.2. The van der Waals surface area contributed by atoms with Crippen molar-refractivity contribution in [3.63, 3.8) is 0 Å². The molecule has 0 aliphatic heterocycles. The molecule has 110 valence electrons. The normalized spacial score (nSPS) is 18.3. The first-order chi connectivity index (χ1) is 9.78. The third kappa shape index (κ3) is 3.48. The molecule has 2 saturated carbocycles. The van der Waals surface area contributed by atoms with Gasteiger partial charge in [0.15, 0.2) is 0 Å². The van der Waals surface area contributed by atoms with Crippen molar-refractivity contribution < 1.29 is 4.39 Å². The summed E-state index contributed by atoms with van der Waals surface area (Å²) in [5, 5.41) is 3.48. The third-order valence-corrected chi connectivity index (χ3v) is 4.08. The fourth-order valence-electron chi connectivity index (χ4n) is 2.58. The number of halogens is 1. The molecule has 0 atom stereocenters. The number of pyridine rings is 1. The quantitative estimate of drug-likeness (QED) is 0.790. The molecule has 0 bridgehead atoms. The van der Waals surface area contributed by atoms with Crippen molar-refractivity contribution in [1.82, 2.24) is 10.3 Å². The predicted octanol–water partition coefficient (Wildman–Crippen LogP) is 3.24. The Morgan fingerprint density at radius 2 is 2.15 bits per heavy atom. The minimum absolute atomic E-state index is 0.229. The number of rotatable bonds is 8. The van der Waals surface area contributed by atoms with Crippen molar-refractivity contribution in [2.24, 2.45) is 0 Å². The van der Waals surface area contributed by atoms with Gasteiger partial charge in [-0.1, -0.05) is 13.3 Å². The molecule has 3 rings (SSSR count). The molecule has 0 spiro atoms. The van der Waals surface area contributed by atoms with E-state index >= 15 is 0 Å². The lowest BCUT2D eigenvalue weighted by molar-refractivity contribution is 0.607. The minimum Gasteiger partial charge on any atom is -0.353 e. The highest BCUT2D eigenvalue weighted by molar-refractivity contribution is 5.49. The standard InChI is InChI=1S/C16H24FN3/c1-2-3-8-20(15-6-7-15)16-12(9-13(17)11-19-16)10-18-14-4-5-14/h9,11,14-15,18H,2-8,10H2,1H3. The van der Waals surface area contributed by atoms with E-state index < -0.39 is 0 Å². The van der Waals surface area contributed by atoms with Crippen molar-refractivity contribution in [2.75, 3.05) is 11.4 Å². The fourth-order valence-corrected chi connectivity index (χ4v) is 2.58. The van der Waals surface area contributed by atoms with Crippen molar-refractivity contribution in [3.05, 3.63) is 23.6 Å². The van der Waals surface area contributed by atoms with E-state index in [1.165, 1.54) is 44.7 Å². The molecule has 1 heterocycles. The molecule has 4 heteroatoms. The van der Waals surface area contributed by atoms with Gasteiger partial charge in [0, 0.05) is 30.7 Å². The first kappa shape index (κ1) is 13.8. The molecule has 2 fully saturated rings. The molecule has 1 aromatic heterocycles. The topological polar surface area (TPSA) is 28.2 Å². The first-order valence-corrected chi connectivity index (χ1v) is 7.92. The van der Waals surface area contributed by atoms with Crippen LogP contribution in [0.1, 0.15) is 51.0 Å². The molecule has 0 radical (unpaired) electrons. The first-order valence-electron chi connectivity index (χ1n) is 7.92. The second-order valence-corrected chi connectivity index (χ2v) is 6.07. The molecular weight excluding hydrogens is 253 g/mol. The monoisotopic (exact) mass is 277 g/mol. The van der Waals surface area contributed by atoms with Gasteiger partial charge in [-0.25, -0.2) is 9.37 Å². The number of hydrogen-bond acceptors (Lipinski definition) is 3. The van der Waals surface area contributed by atoms with E-state index in [0.29, 0.717) is 12.1 Å². The van der Waals surface area contributed by atoms with Crippen LogP contribution in [0.25, 0.3) is 0 Å². The highest BCUT2D eigenvalue weighted by Gasteiger charge is 2.31. The van der Waals surface area contributed by atoms with Gasteiger partial charge >= 0.3 is 0 Å². The van der Waals surface area contributed by atoms with Crippen LogP contribution in [0.4, 0.5) is 10.2 Å². The molecule has 3 nitrogen and oxygen atoms in total. The van der Waals surface area contributed by atoms with E-state index in [9.17, 15) is 4.39 Å². The lowest BCUT2D eigenvalue weighted by Gasteiger charge is -2.26. The zero-order valence-electron chi connectivity index (χ0n) is 12.2. The van der Waals surface area contributed by atoms with Crippen LogP contribution in [0.2, 0.25) is 0 Å². The maximum absolute atomic E-state index is 13.5. The summed E-state index contributed by atoms with van der Waals surface area (Å²) in [6, 6.07) is 2.91. The lowest BCUT2D eigenvalue weighted by Crippen LogP contribution is -2.30. The number of aromatic nitrogens is 1. The smallest absolute Gasteiger partial charge is 0.141 e. The van der Waals surface area contributed by atoms with E-state index in [1.807, 2.05) is 0 Å². The van der Waals surface area contributed by atoms with Gasteiger partial charge in [-0.15, -0.1) is 0 Å². The Balaban J connectivity index is 1.77. The van der Waals surface area contributed by atoms with E-state index in [1.54, 1.807) is 6.07 Å². The average molecular weight is 277 g/mol. The number of nitrogens with zero attached hydrogens (tertiary/aromatic N) is 2. The van der Waals surface area contributed by atoms with E-state index in [-0.39, 0.29) is 5.82 Å². The van der Waals surface area contributed by atoms with Crippen LogP contribution in [-0.2, 0) is 6.54 Å². The molecule has 1 N–H and O–H groups in total. The third-order valence-electron chi connectivity index (χ3n) is 4.08. The van der Waals surface area contributed by atoms with Gasteiger partial charge in [0.2, 0.25) is 0 Å². The molecule has 2 aliphatic carbocycles. The average Bonchev–Trinajstić information content (AvgIpc) is 3.32. The zero-order chi connectivity index (χ0) is 13.9. The van der Waals surface area contributed by atoms with Crippen molar-refractivity contribution in [1.29, 1.82) is 0 Å². The van der Waals surface area contributed by atoms with Crippen LogP contribution in [0.5, 0.6) is 0 Å². The molecule has 0 aromatic carbocycles.